The molecule has 0 saturated carbocycles. The van der Waals surface area contributed by atoms with E-state index in [2.05, 4.69) is 10.2 Å². The van der Waals surface area contributed by atoms with Gasteiger partial charge in [-0.2, -0.15) is 13.2 Å². The summed E-state index contributed by atoms with van der Waals surface area (Å²) >= 11 is 0. The molecule has 1 amide bonds. The van der Waals surface area contributed by atoms with Gasteiger partial charge in [0.1, 0.15) is 0 Å². The van der Waals surface area contributed by atoms with Gasteiger partial charge >= 0.3 is 6.18 Å². The molecule has 2 aromatic rings. The molecule has 0 spiro atoms. The number of amides is 1. The summed E-state index contributed by atoms with van der Waals surface area (Å²) < 4.78 is 63.0. The Morgan fingerprint density at radius 1 is 1.15 bits per heavy atom. The number of benzene rings is 2. The smallest absolute Gasteiger partial charge is 0.326 e. The number of halogens is 3. The Hall–Kier alpha value is -2.43. The van der Waals surface area contributed by atoms with Crippen molar-refractivity contribution in [2.45, 2.75) is 17.5 Å². The first kappa shape index (κ1) is 20.9. The third kappa shape index (κ3) is 5.28. The average molecular weight is 402 g/mol. The van der Waals surface area contributed by atoms with Gasteiger partial charge in [-0.3, -0.25) is 9.63 Å². The van der Waals surface area contributed by atoms with E-state index in [1.165, 1.54) is 50.6 Å². The second-order valence-corrected chi connectivity index (χ2v) is 7.48. The highest BCUT2D eigenvalue weighted by atomic mass is 32.2. The van der Waals surface area contributed by atoms with Crippen molar-refractivity contribution < 1.29 is 31.2 Å². The molecule has 27 heavy (non-hydrogen) atoms. The van der Waals surface area contributed by atoms with Crippen molar-refractivity contribution in [3.8, 4) is 0 Å². The molecule has 0 aromatic heterocycles. The molecule has 0 aliphatic rings. The standard InChI is InChI=1S/C17H17F3N2O4S/c1-22(26-2)27(24,25)15-8-6-14(7-9-15)21-16(23)11-12-4-3-5-13(10-12)17(18,19)20/h3-10H,11H2,1-2H3,(H,21,23). The maximum absolute atomic E-state index is 12.7. The van der Waals surface area contributed by atoms with E-state index in [0.717, 1.165) is 12.1 Å². The number of hydrogen-bond acceptors (Lipinski definition) is 4. The number of nitrogens with one attached hydrogen (secondary N) is 1. The van der Waals surface area contributed by atoms with Crippen molar-refractivity contribution in [3.05, 3.63) is 59.7 Å². The fourth-order valence-corrected chi connectivity index (χ4v) is 3.18. The highest BCUT2D eigenvalue weighted by Crippen LogP contribution is 2.29. The largest absolute Gasteiger partial charge is 0.416 e. The molecule has 0 aliphatic heterocycles. The van der Waals surface area contributed by atoms with Crippen LogP contribution in [0.1, 0.15) is 11.1 Å². The lowest BCUT2D eigenvalue weighted by molar-refractivity contribution is -0.137. The summed E-state index contributed by atoms with van der Waals surface area (Å²) in [5, 5.41) is 2.51. The van der Waals surface area contributed by atoms with Crippen LogP contribution >= 0.6 is 0 Å². The molecule has 2 aromatic carbocycles. The molecule has 1 N–H and O–H groups in total. The van der Waals surface area contributed by atoms with E-state index >= 15 is 0 Å². The first-order chi connectivity index (χ1) is 12.5. The Morgan fingerprint density at radius 3 is 2.33 bits per heavy atom. The van der Waals surface area contributed by atoms with E-state index in [-0.39, 0.29) is 16.9 Å². The van der Waals surface area contributed by atoms with E-state index in [0.29, 0.717) is 10.2 Å². The highest BCUT2D eigenvalue weighted by molar-refractivity contribution is 7.89. The van der Waals surface area contributed by atoms with Crippen LogP contribution in [-0.2, 0) is 32.3 Å². The van der Waals surface area contributed by atoms with Crippen molar-refractivity contribution in [3.63, 3.8) is 0 Å². The molecule has 0 radical (unpaired) electrons. The summed E-state index contributed by atoms with van der Waals surface area (Å²) in [7, 11) is -1.37. The number of sulfonamides is 1. The van der Waals surface area contributed by atoms with E-state index in [1.54, 1.807) is 0 Å². The van der Waals surface area contributed by atoms with Gasteiger partial charge in [-0.25, -0.2) is 8.42 Å². The van der Waals surface area contributed by atoms with Gasteiger partial charge < -0.3 is 5.32 Å². The molecular formula is C17H17F3N2O4S. The van der Waals surface area contributed by atoms with E-state index < -0.39 is 27.7 Å². The van der Waals surface area contributed by atoms with Crippen LogP contribution in [0, 0.1) is 0 Å². The SMILES string of the molecule is CON(C)S(=O)(=O)c1ccc(NC(=O)Cc2cccc(C(F)(F)F)c2)cc1. The van der Waals surface area contributed by atoms with Crippen molar-refractivity contribution in [1.29, 1.82) is 0 Å². The number of hydroxylamine groups is 1. The van der Waals surface area contributed by atoms with Crippen LogP contribution in [0.5, 0.6) is 0 Å². The lowest BCUT2D eigenvalue weighted by Gasteiger charge is -2.14. The molecule has 146 valence electrons. The Labute approximate surface area is 154 Å². The fourth-order valence-electron chi connectivity index (χ4n) is 2.21. The van der Waals surface area contributed by atoms with Crippen LogP contribution in [0.25, 0.3) is 0 Å². The van der Waals surface area contributed by atoms with Crippen LogP contribution in [-0.4, -0.2) is 33.0 Å². The van der Waals surface area contributed by atoms with E-state index in [4.69, 9.17) is 0 Å². The monoisotopic (exact) mass is 402 g/mol. The number of carbonyl (C=O) groups excluding carboxylic acids is 1. The predicted molar refractivity (Wildman–Crippen MR) is 92.2 cm³/mol. The molecule has 10 heteroatoms. The fraction of sp³-hybridized carbons (Fsp3) is 0.235. The number of carbonyl (C=O) groups is 1. The lowest BCUT2D eigenvalue weighted by atomic mass is 10.1. The summed E-state index contributed by atoms with van der Waals surface area (Å²) in [5.41, 5.74) is -0.307. The Balaban J connectivity index is 2.07. The lowest BCUT2D eigenvalue weighted by Crippen LogP contribution is -2.25. The summed E-state index contributed by atoms with van der Waals surface area (Å²) in [6, 6.07) is 9.81. The molecule has 0 fully saturated rings. The first-order valence-electron chi connectivity index (χ1n) is 7.63. The topological polar surface area (TPSA) is 75.7 Å². The quantitative estimate of drug-likeness (QED) is 0.754. The minimum Gasteiger partial charge on any atom is -0.326 e. The molecular weight excluding hydrogens is 385 g/mol. The number of hydrogen-bond donors (Lipinski definition) is 1. The molecule has 0 saturated heterocycles. The minimum atomic E-state index is -4.48. The summed E-state index contributed by atoms with van der Waals surface area (Å²) in [4.78, 5) is 16.7. The van der Waals surface area contributed by atoms with Crippen LogP contribution < -0.4 is 5.32 Å². The second-order valence-electron chi connectivity index (χ2n) is 5.54. The van der Waals surface area contributed by atoms with Crippen molar-refractivity contribution in [1.82, 2.24) is 4.47 Å². The predicted octanol–water partition coefficient (Wildman–Crippen LogP) is 3.07. The zero-order valence-corrected chi connectivity index (χ0v) is 15.3. The van der Waals surface area contributed by atoms with Gasteiger partial charge in [-0.05, 0) is 35.9 Å². The van der Waals surface area contributed by atoms with Gasteiger partial charge in [0.2, 0.25) is 5.91 Å². The van der Waals surface area contributed by atoms with Crippen LogP contribution in [0.4, 0.5) is 18.9 Å². The average Bonchev–Trinajstić information content (AvgIpc) is 2.60. The number of anilines is 1. The van der Waals surface area contributed by atoms with Crippen molar-refractivity contribution in [2.75, 3.05) is 19.5 Å². The van der Waals surface area contributed by atoms with Gasteiger partial charge in [-0.15, -0.1) is 0 Å². The van der Waals surface area contributed by atoms with Gasteiger partial charge in [-0.1, -0.05) is 22.7 Å². The zero-order valence-electron chi connectivity index (χ0n) is 14.4. The zero-order chi connectivity index (χ0) is 20.2. The molecule has 0 heterocycles. The number of nitrogens with zero attached hydrogens (tertiary/aromatic N) is 1. The van der Waals surface area contributed by atoms with Gasteiger partial charge in [0.15, 0.2) is 0 Å². The minimum absolute atomic E-state index is 0.0391. The van der Waals surface area contributed by atoms with Crippen LogP contribution in [0.3, 0.4) is 0 Å². The molecule has 2 rings (SSSR count). The Morgan fingerprint density at radius 2 is 1.78 bits per heavy atom. The third-order valence-corrected chi connectivity index (χ3v) is 5.34. The first-order valence-corrected chi connectivity index (χ1v) is 9.07. The summed E-state index contributed by atoms with van der Waals surface area (Å²) in [5.74, 6) is -0.529. The molecule has 6 nitrogen and oxygen atoms in total. The molecule has 0 atom stereocenters. The second kappa shape index (κ2) is 8.07. The Kier molecular flexibility index (Phi) is 6.24. The summed E-state index contributed by atoms with van der Waals surface area (Å²) in [6.07, 6.45) is -4.74. The third-order valence-electron chi connectivity index (χ3n) is 3.65. The molecule has 0 aliphatic carbocycles. The summed E-state index contributed by atoms with van der Waals surface area (Å²) in [6.45, 7) is 0. The van der Waals surface area contributed by atoms with Crippen molar-refractivity contribution in [2.24, 2.45) is 0 Å². The van der Waals surface area contributed by atoms with Gasteiger partial charge in [0, 0.05) is 12.7 Å². The van der Waals surface area contributed by atoms with Gasteiger partial charge in [0.05, 0.1) is 24.0 Å². The molecule has 0 bridgehead atoms. The highest BCUT2D eigenvalue weighted by Gasteiger charge is 2.30. The van der Waals surface area contributed by atoms with Crippen molar-refractivity contribution >= 4 is 21.6 Å². The normalized spacial score (nSPS) is 12.2. The molecule has 0 unspecified atom stereocenters. The van der Waals surface area contributed by atoms with E-state index in [1.807, 2.05) is 0 Å². The maximum Gasteiger partial charge on any atom is 0.416 e. The van der Waals surface area contributed by atoms with Crippen LogP contribution in [0.15, 0.2) is 53.4 Å². The van der Waals surface area contributed by atoms with Crippen LogP contribution in [0.2, 0.25) is 0 Å². The number of rotatable bonds is 6. The van der Waals surface area contributed by atoms with E-state index in [9.17, 15) is 26.4 Å². The van der Waals surface area contributed by atoms with Gasteiger partial charge in [0.25, 0.3) is 10.0 Å². The Bertz CT molecular complexity index is 913. The number of alkyl halides is 3. The maximum atomic E-state index is 12.7.